The van der Waals surface area contributed by atoms with Gasteiger partial charge in [0.2, 0.25) is 0 Å². The monoisotopic (exact) mass is 422 g/mol. The Balaban J connectivity index is 1.67. The van der Waals surface area contributed by atoms with Crippen molar-refractivity contribution in [1.82, 2.24) is 24.6 Å². The van der Waals surface area contributed by atoms with Gasteiger partial charge < -0.3 is 10.2 Å². The van der Waals surface area contributed by atoms with E-state index >= 15 is 0 Å². The highest BCUT2D eigenvalue weighted by Crippen LogP contribution is 2.42. The Bertz CT molecular complexity index is 898. The van der Waals surface area contributed by atoms with Crippen LogP contribution in [0.2, 0.25) is 0 Å². The highest BCUT2D eigenvalue weighted by molar-refractivity contribution is 5.94. The summed E-state index contributed by atoms with van der Waals surface area (Å²) in [6.07, 6.45) is 2.17. The van der Waals surface area contributed by atoms with Crippen LogP contribution in [0.4, 0.5) is 19.0 Å². The van der Waals surface area contributed by atoms with Gasteiger partial charge in [-0.05, 0) is 31.6 Å². The molecule has 0 aromatic carbocycles. The number of nitrogens with zero attached hydrogens (tertiary/aromatic N) is 5. The molecule has 2 aliphatic rings. The molecule has 0 radical (unpaired) electrons. The molecule has 1 unspecified atom stereocenters. The molecule has 0 aliphatic carbocycles. The summed E-state index contributed by atoms with van der Waals surface area (Å²) >= 11 is 0. The van der Waals surface area contributed by atoms with E-state index in [0.29, 0.717) is 30.0 Å². The van der Waals surface area contributed by atoms with Gasteiger partial charge in [-0.15, -0.1) is 0 Å². The van der Waals surface area contributed by atoms with Crippen molar-refractivity contribution in [2.45, 2.75) is 63.8 Å². The second-order valence-electron chi connectivity index (χ2n) is 8.32. The van der Waals surface area contributed by atoms with Gasteiger partial charge in [0.05, 0.1) is 17.3 Å². The van der Waals surface area contributed by atoms with E-state index in [0.717, 1.165) is 17.5 Å². The maximum Gasteiger partial charge on any atom is 0.410 e. The second kappa shape index (κ2) is 7.88. The van der Waals surface area contributed by atoms with Crippen molar-refractivity contribution in [2.24, 2.45) is 5.92 Å². The number of hydrogen-bond donors (Lipinski definition) is 1. The lowest BCUT2D eigenvalue weighted by atomic mass is 9.94. The molecular formula is C20H25F3N6O. The number of aromatic nitrogens is 4. The number of piperidine rings is 1. The molecule has 162 valence electrons. The third kappa shape index (κ3) is 3.87. The van der Waals surface area contributed by atoms with Gasteiger partial charge >= 0.3 is 6.18 Å². The van der Waals surface area contributed by atoms with Crippen molar-refractivity contribution in [2.75, 3.05) is 11.9 Å². The average Bonchev–Trinajstić information content (AvgIpc) is 3.16. The standard InChI is InChI=1S/C20H25F3N6O/c1-12(2)14-7-17(20(21,22)23)29-18(26-14)8-15(27-29)16-5-3-4-6-28(16)19(30)13-9-24-11-25-10-13/h8-12,14,16-17,26H,3-7H2,1-2H3/t14-,16?,17+/m0/s1. The van der Waals surface area contributed by atoms with Gasteiger partial charge in [0.15, 0.2) is 6.04 Å². The predicted octanol–water partition coefficient (Wildman–Crippen LogP) is 3.98. The van der Waals surface area contributed by atoms with Gasteiger partial charge in [-0.1, -0.05) is 13.8 Å². The SMILES string of the molecule is CC(C)[C@@H]1C[C@H](C(F)(F)F)n2nc(C3CCCCN3C(=O)c3cncnc3)cc2N1. The lowest BCUT2D eigenvalue weighted by Crippen LogP contribution is -2.41. The molecule has 30 heavy (non-hydrogen) atoms. The smallest absolute Gasteiger partial charge is 0.367 e. The fraction of sp³-hybridized carbons (Fsp3) is 0.600. The number of carbonyl (C=O) groups excluding carboxylic acids is 1. The van der Waals surface area contributed by atoms with Crippen molar-refractivity contribution in [3.8, 4) is 0 Å². The Hall–Kier alpha value is -2.65. The van der Waals surface area contributed by atoms with Crippen LogP contribution in [0.25, 0.3) is 0 Å². The molecule has 1 amide bonds. The number of amides is 1. The van der Waals surface area contributed by atoms with E-state index in [1.54, 1.807) is 11.0 Å². The van der Waals surface area contributed by atoms with Crippen molar-refractivity contribution >= 4 is 11.7 Å². The number of alkyl halides is 3. The van der Waals surface area contributed by atoms with Crippen LogP contribution in [0, 0.1) is 5.92 Å². The van der Waals surface area contributed by atoms with Crippen molar-refractivity contribution < 1.29 is 18.0 Å². The Morgan fingerprint density at radius 3 is 2.63 bits per heavy atom. The summed E-state index contributed by atoms with van der Waals surface area (Å²) in [5.41, 5.74) is 0.848. The van der Waals surface area contributed by atoms with Crippen LogP contribution in [0.15, 0.2) is 24.8 Å². The maximum absolute atomic E-state index is 13.8. The lowest BCUT2D eigenvalue weighted by Gasteiger charge is -2.35. The van der Waals surface area contributed by atoms with Crippen molar-refractivity contribution in [3.05, 3.63) is 36.0 Å². The maximum atomic E-state index is 13.8. The largest absolute Gasteiger partial charge is 0.410 e. The Morgan fingerprint density at radius 1 is 1.23 bits per heavy atom. The van der Waals surface area contributed by atoms with E-state index in [4.69, 9.17) is 0 Å². The summed E-state index contributed by atoms with van der Waals surface area (Å²) < 4.78 is 42.4. The fourth-order valence-electron chi connectivity index (χ4n) is 4.28. The van der Waals surface area contributed by atoms with Crippen LogP contribution in [0.3, 0.4) is 0 Å². The van der Waals surface area contributed by atoms with E-state index in [2.05, 4.69) is 20.4 Å². The van der Waals surface area contributed by atoms with Gasteiger partial charge in [0.1, 0.15) is 12.1 Å². The number of nitrogens with one attached hydrogen (secondary N) is 1. The highest BCUT2D eigenvalue weighted by Gasteiger charge is 2.47. The molecule has 2 aliphatic heterocycles. The molecule has 2 aromatic rings. The first-order valence-electron chi connectivity index (χ1n) is 10.2. The van der Waals surface area contributed by atoms with Crippen LogP contribution in [0.1, 0.15) is 67.7 Å². The third-order valence-corrected chi connectivity index (χ3v) is 5.96. The Morgan fingerprint density at radius 2 is 1.97 bits per heavy atom. The van der Waals surface area contributed by atoms with Crippen LogP contribution >= 0.6 is 0 Å². The Labute approximate surface area is 172 Å². The van der Waals surface area contributed by atoms with Gasteiger partial charge in [-0.2, -0.15) is 18.3 Å². The van der Waals surface area contributed by atoms with Gasteiger partial charge in [0, 0.05) is 31.0 Å². The number of likely N-dealkylation sites (tertiary alicyclic amines) is 1. The molecule has 0 bridgehead atoms. The number of rotatable bonds is 3. The molecule has 3 atom stereocenters. The molecule has 1 fully saturated rings. The van der Waals surface area contributed by atoms with Crippen molar-refractivity contribution in [1.29, 1.82) is 0 Å². The van der Waals surface area contributed by atoms with E-state index in [1.165, 1.54) is 18.7 Å². The summed E-state index contributed by atoms with van der Waals surface area (Å²) in [5.74, 6) is 0.178. The first kappa shape index (κ1) is 20.6. The zero-order valence-electron chi connectivity index (χ0n) is 16.9. The molecular weight excluding hydrogens is 397 g/mol. The number of carbonyl (C=O) groups is 1. The molecule has 0 spiro atoms. The van der Waals surface area contributed by atoms with E-state index in [-0.39, 0.29) is 30.3 Å². The zero-order chi connectivity index (χ0) is 21.5. The summed E-state index contributed by atoms with van der Waals surface area (Å²) in [6, 6.07) is -0.674. The molecule has 1 N–H and O–H groups in total. The van der Waals surface area contributed by atoms with Gasteiger partial charge in [-0.3, -0.25) is 4.79 Å². The lowest BCUT2D eigenvalue weighted by molar-refractivity contribution is -0.174. The molecule has 10 heteroatoms. The molecule has 2 aromatic heterocycles. The number of hydrogen-bond acceptors (Lipinski definition) is 5. The minimum absolute atomic E-state index is 0.0489. The minimum atomic E-state index is -4.39. The van der Waals surface area contributed by atoms with Gasteiger partial charge in [-0.25, -0.2) is 14.6 Å². The van der Waals surface area contributed by atoms with E-state index in [9.17, 15) is 18.0 Å². The fourth-order valence-corrected chi connectivity index (χ4v) is 4.28. The normalized spacial score (nSPS) is 24.5. The van der Waals surface area contributed by atoms with E-state index in [1.807, 2.05) is 13.8 Å². The van der Waals surface area contributed by atoms with Crippen LogP contribution in [-0.2, 0) is 0 Å². The molecule has 4 rings (SSSR count). The number of halogens is 3. The quantitative estimate of drug-likeness (QED) is 0.810. The highest BCUT2D eigenvalue weighted by atomic mass is 19.4. The first-order chi connectivity index (χ1) is 14.3. The molecule has 0 saturated carbocycles. The summed E-state index contributed by atoms with van der Waals surface area (Å²) in [6.45, 7) is 4.33. The summed E-state index contributed by atoms with van der Waals surface area (Å²) in [5, 5.41) is 7.56. The number of anilines is 1. The zero-order valence-corrected chi connectivity index (χ0v) is 16.9. The molecule has 7 nitrogen and oxygen atoms in total. The Kier molecular flexibility index (Phi) is 5.42. The third-order valence-electron chi connectivity index (χ3n) is 5.96. The predicted molar refractivity (Wildman–Crippen MR) is 104 cm³/mol. The topological polar surface area (TPSA) is 75.9 Å². The summed E-state index contributed by atoms with van der Waals surface area (Å²) in [7, 11) is 0. The van der Waals surface area contributed by atoms with Crippen LogP contribution in [0.5, 0.6) is 0 Å². The van der Waals surface area contributed by atoms with Crippen LogP contribution in [-0.4, -0.2) is 49.3 Å². The molecule has 4 heterocycles. The van der Waals surface area contributed by atoms with Gasteiger partial charge in [0.25, 0.3) is 5.91 Å². The summed E-state index contributed by atoms with van der Waals surface area (Å²) in [4.78, 5) is 22.5. The molecule has 1 saturated heterocycles. The van der Waals surface area contributed by atoms with Crippen LogP contribution < -0.4 is 5.32 Å². The first-order valence-corrected chi connectivity index (χ1v) is 10.2. The minimum Gasteiger partial charge on any atom is -0.367 e. The average molecular weight is 422 g/mol. The van der Waals surface area contributed by atoms with E-state index < -0.39 is 12.2 Å². The van der Waals surface area contributed by atoms with Crippen molar-refractivity contribution in [3.63, 3.8) is 0 Å². The second-order valence-corrected chi connectivity index (χ2v) is 8.32. The number of fused-ring (bicyclic) bond motifs is 1.